The zero-order valence-electron chi connectivity index (χ0n) is 17.2. The summed E-state index contributed by atoms with van der Waals surface area (Å²) in [6, 6.07) is 29.8. The maximum Gasteiger partial charge on any atom is 0.349 e. The van der Waals surface area contributed by atoms with E-state index in [1.165, 1.54) is 14.2 Å². The highest BCUT2D eigenvalue weighted by atomic mass is 35.5. The molecule has 6 heteroatoms. The molecule has 0 amide bonds. The van der Waals surface area contributed by atoms with Crippen molar-refractivity contribution >= 4 is 19.2 Å². The van der Waals surface area contributed by atoms with Gasteiger partial charge in [-0.05, 0) is 16.7 Å². The number of hydrogen-bond donors (Lipinski definition) is 0. The van der Waals surface area contributed by atoms with Crippen LogP contribution in [0.1, 0.15) is 22.1 Å². The fraction of sp³-hybridized carbons (Fsp3) is 0.250. The van der Waals surface area contributed by atoms with E-state index in [9.17, 15) is 4.57 Å². The summed E-state index contributed by atoms with van der Waals surface area (Å²) < 4.78 is 24.6. The molecule has 4 nitrogen and oxygen atoms in total. The van der Waals surface area contributed by atoms with E-state index in [2.05, 4.69) is 4.90 Å². The summed E-state index contributed by atoms with van der Waals surface area (Å²) in [6.07, 6.45) is 0. The van der Waals surface area contributed by atoms with Crippen molar-refractivity contribution in [2.45, 2.75) is 24.2 Å². The van der Waals surface area contributed by atoms with Crippen LogP contribution in [-0.2, 0) is 26.7 Å². The van der Waals surface area contributed by atoms with Crippen LogP contribution in [0.4, 0.5) is 0 Å². The summed E-state index contributed by atoms with van der Waals surface area (Å²) in [5.41, 5.74) is 3.05. The van der Waals surface area contributed by atoms with E-state index in [1.807, 2.05) is 91.0 Å². The van der Waals surface area contributed by atoms with Crippen molar-refractivity contribution in [1.82, 2.24) is 4.90 Å². The Morgan fingerprint density at radius 2 is 1.17 bits per heavy atom. The quantitative estimate of drug-likeness (QED) is 0.265. The van der Waals surface area contributed by atoms with Gasteiger partial charge in [-0.1, -0.05) is 91.0 Å². The number of rotatable bonds is 10. The van der Waals surface area contributed by atoms with Crippen molar-refractivity contribution < 1.29 is 13.6 Å². The van der Waals surface area contributed by atoms with Crippen LogP contribution in [0.2, 0.25) is 0 Å². The third kappa shape index (κ3) is 5.60. The Hall–Kier alpha value is -1.94. The summed E-state index contributed by atoms with van der Waals surface area (Å²) >= 11 is 6.97. The highest BCUT2D eigenvalue weighted by Gasteiger charge is 2.44. The average Bonchev–Trinajstić information content (AvgIpc) is 2.81. The van der Waals surface area contributed by atoms with E-state index in [-0.39, 0.29) is 0 Å². The van der Waals surface area contributed by atoms with Gasteiger partial charge in [-0.15, -0.1) is 11.6 Å². The molecule has 0 aliphatic heterocycles. The van der Waals surface area contributed by atoms with Gasteiger partial charge in [-0.2, -0.15) is 0 Å². The summed E-state index contributed by atoms with van der Waals surface area (Å²) in [4.78, 5) is 2.09. The second-order valence-electron chi connectivity index (χ2n) is 7.01. The first-order valence-electron chi connectivity index (χ1n) is 9.79. The maximum atomic E-state index is 13.7. The van der Waals surface area contributed by atoms with E-state index in [0.29, 0.717) is 13.1 Å². The van der Waals surface area contributed by atoms with Gasteiger partial charge in [0.05, 0.1) is 5.38 Å². The zero-order valence-corrected chi connectivity index (χ0v) is 18.9. The first-order chi connectivity index (χ1) is 14.6. The summed E-state index contributed by atoms with van der Waals surface area (Å²) in [7, 11) is -0.725. The van der Waals surface area contributed by atoms with Gasteiger partial charge in [0.25, 0.3) is 0 Å². The molecule has 0 heterocycles. The second kappa shape index (κ2) is 10.9. The molecular formula is C24H27ClNO3P. The second-order valence-corrected chi connectivity index (χ2v) is 9.82. The van der Waals surface area contributed by atoms with Crippen LogP contribution in [0.5, 0.6) is 0 Å². The lowest BCUT2D eigenvalue weighted by atomic mass is 10.1. The van der Waals surface area contributed by atoms with Crippen LogP contribution < -0.4 is 0 Å². The largest absolute Gasteiger partial charge is 0.349 e. The molecule has 3 rings (SSSR count). The van der Waals surface area contributed by atoms with Crippen molar-refractivity contribution in [3.05, 3.63) is 108 Å². The minimum absolute atomic E-state index is 0.549. The van der Waals surface area contributed by atoms with Crippen LogP contribution in [0.15, 0.2) is 91.0 Å². The average molecular weight is 444 g/mol. The third-order valence-corrected chi connectivity index (χ3v) is 8.00. The molecule has 0 saturated carbocycles. The summed E-state index contributed by atoms with van der Waals surface area (Å²) in [6.45, 7) is 1.10. The number of hydrogen-bond acceptors (Lipinski definition) is 4. The molecule has 0 fully saturated rings. The Balaban J connectivity index is 2.05. The predicted octanol–water partition coefficient (Wildman–Crippen LogP) is 6.48. The lowest BCUT2D eigenvalue weighted by molar-refractivity contribution is 0.172. The molecule has 158 valence electrons. The minimum Gasteiger partial charge on any atom is -0.311 e. The fourth-order valence-electron chi connectivity index (χ4n) is 3.52. The highest BCUT2D eigenvalue weighted by Crippen LogP contribution is 2.58. The molecule has 0 aliphatic carbocycles. The smallest absolute Gasteiger partial charge is 0.311 e. The molecule has 3 aromatic rings. The topological polar surface area (TPSA) is 38.8 Å². The molecular weight excluding hydrogens is 417 g/mol. The highest BCUT2D eigenvalue weighted by molar-refractivity contribution is 7.54. The normalized spacial score (nSPS) is 13.9. The Morgan fingerprint density at radius 1 is 0.767 bits per heavy atom. The first kappa shape index (κ1) is 22.7. The van der Waals surface area contributed by atoms with Crippen molar-refractivity contribution in [2.24, 2.45) is 0 Å². The molecule has 3 aromatic carbocycles. The van der Waals surface area contributed by atoms with Crippen molar-refractivity contribution in [2.75, 3.05) is 14.2 Å². The van der Waals surface area contributed by atoms with Crippen LogP contribution >= 0.6 is 19.2 Å². The van der Waals surface area contributed by atoms with Crippen LogP contribution in [0, 0.1) is 0 Å². The van der Waals surface area contributed by atoms with Gasteiger partial charge in [0, 0.05) is 27.3 Å². The standard InChI is InChI=1S/C24H27ClNO3P/c1-28-30(27,29-2)24(23(25)22-16-10-5-11-17-22)26(18-20-12-6-3-7-13-20)19-21-14-8-4-9-15-21/h3-17,23-24H,18-19H2,1-2H3/t23-,24+/m0/s1. The molecule has 0 unspecified atom stereocenters. The monoisotopic (exact) mass is 443 g/mol. The number of benzene rings is 3. The summed E-state index contributed by atoms with van der Waals surface area (Å²) in [5, 5.41) is -0.593. The predicted molar refractivity (Wildman–Crippen MR) is 123 cm³/mol. The molecule has 0 aromatic heterocycles. The van der Waals surface area contributed by atoms with Gasteiger partial charge in [-0.3, -0.25) is 9.46 Å². The first-order valence-corrected chi connectivity index (χ1v) is 11.8. The van der Waals surface area contributed by atoms with E-state index >= 15 is 0 Å². The Kier molecular flexibility index (Phi) is 8.26. The van der Waals surface area contributed by atoms with E-state index in [4.69, 9.17) is 20.6 Å². The van der Waals surface area contributed by atoms with Gasteiger partial charge in [0.15, 0.2) is 0 Å². The van der Waals surface area contributed by atoms with Gasteiger partial charge in [0.2, 0.25) is 0 Å². The molecule has 0 N–H and O–H groups in total. The van der Waals surface area contributed by atoms with Crippen LogP contribution in [0.25, 0.3) is 0 Å². The van der Waals surface area contributed by atoms with Gasteiger partial charge in [0.1, 0.15) is 5.78 Å². The van der Waals surface area contributed by atoms with Gasteiger partial charge < -0.3 is 9.05 Å². The SMILES string of the molecule is COP(=O)(OC)[C@H]([C@@H](Cl)c1ccccc1)N(Cc1ccccc1)Cc1ccccc1. The van der Waals surface area contributed by atoms with E-state index in [0.717, 1.165) is 16.7 Å². The van der Waals surface area contributed by atoms with E-state index in [1.54, 1.807) is 0 Å². The Morgan fingerprint density at radius 3 is 1.57 bits per heavy atom. The minimum atomic E-state index is -3.55. The van der Waals surface area contributed by atoms with Gasteiger partial charge in [-0.25, -0.2) is 0 Å². The third-order valence-electron chi connectivity index (χ3n) is 5.04. The number of alkyl halides is 1. The molecule has 0 aliphatic rings. The Bertz CT molecular complexity index is 891. The van der Waals surface area contributed by atoms with Crippen molar-refractivity contribution in [1.29, 1.82) is 0 Å². The van der Waals surface area contributed by atoms with Crippen molar-refractivity contribution in [3.8, 4) is 0 Å². The number of nitrogens with zero attached hydrogens (tertiary/aromatic N) is 1. The van der Waals surface area contributed by atoms with Gasteiger partial charge >= 0.3 is 7.60 Å². The Labute approximate surface area is 183 Å². The lowest BCUT2D eigenvalue weighted by Crippen LogP contribution is -2.38. The molecule has 30 heavy (non-hydrogen) atoms. The summed E-state index contributed by atoms with van der Waals surface area (Å²) in [5.74, 6) is -0.683. The molecule has 2 atom stereocenters. The van der Waals surface area contributed by atoms with Crippen LogP contribution in [-0.4, -0.2) is 24.9 Å². The fourth-order valence-corrected chi connectivity index (χ4v) is 5.88. The number of halogens is 1. The van der Waals surface area contributed by atoms with Crippen LogP contribution in [0.3, 0.4) is 0 Å². The molecule has 0 radical (unpaired) electrons. The lowest BCUT2D eigenvalue weighted by Gasteiger charge is -2.37. The zero-order chi connectivity index (χ0) is 21.4. The van der Waals surface area contributed by atoms with Crippen molar-refractivity contribution in [3.63, 3.8) is 0 Å². The van der Waals surface area contributed by atoms with E-state index < -0.39 is 18.8 Å². The molecule has 0 spiro atoms. The maximum absolute atomic E-state index is 13.7. The molecule has 0 bridgehead atoms. The molecule has 0 saturated heterocycles.